The van der Waals surface area contributed by atoms with Crippen molar-refractivity contribution in [3.05, 3.63) is 99.8 Å². The molecule has 1 N–H and O–H groups in total. The fourth-order valence-electron chi connectivity index (χ4n) is 2.84. The highest BCUT2D eigenvalue weighted by Gasteiger charge is 2.16. The number of anilines is 1. The van der Waals surface area contributed by atoms with Crippen LogP contribution in [-0.4, -0.2) is 15.7 Å². The summed E-state index contributed by atoms with van der Waals surface area (Å²) in [7, 11) is 0. The molecular formula is C22H16Cl2FN3O3. The van der Waals surface area contributed by atoms with E-state index in [1.807, 2.05) is 0 Å². The van der Waals surface area contributed by atoms with E-state index in [0.717, 1.165) is 0 Å². The third kappa shape index (κ3) is 5.45. The number of ether oxygens (including phenoxy) is 1. The van der Waals surface area contributed by atoms with E-state index in [0.29, 0.717) is 28.6 Å². The van der Waals surface area contributed by atoms with Gasteiger partial charge in [0.25, 0.3) is 5.91 Å². The summed E-state index contributed by atoms with van der Waals surface area (Å²) in [6.45, 7) is 0.440. The van der Waals surface area contributed by atoms with Crippen LogP contribution in [0.25, 0.3) is 0 Å². The largest absolute Gasteiger partial charge is 0.486 e. The van der Waals surface area contributed by atoms with Gasteiger partial charge in [0.1, 0.15) is 29.0 Å². The molecule has 2 aromatic carbocycles. The summed E-state index contributed by atoms with van der Waals surface area (Å²) in [6.07, 6.45) is 1.55. The first-order chi connectivity index (χ1) is 15.0. The number of rotatable bonds is 7. The monoisotopic (exact) mass is 459 g/mol. The van der Waals surface area contributed by atoms with Crippen LogP contribution >= 0.6 is 23.2 Å². The zero-order valence-electron chi connectivity index (χ0n) is 16.0. The van der Waals surface area contributed by atoms with Crippen LogP contribution in [0.2, 0.25) is 10.0 Å². The molecule has 0 unspecified atom stereocenters. The Bertz CT molecular complexity index is 1220. The van der Waals surface area contributed by atoms with Crippen LogP contribution in [0.4, 0.5) is 10.2 Å². The first kappa shape index (κ1) is 21.0. The minimum absolute atomic E-state index is 0.0837. The van der Waals surface area contributed by atoms with Gasteiger partial charge in [-0.25, -0.2) is 4.39 Å². The van der Waals surface area contributed by atoms with E-state index in [1.54, 1.807) is 48.7 Å². The lowest BCUT2D eigenvalue weighted by molar-refractivity contribution is 0.0992. The number of nitrogens with one attached hydrogen (secondary N) is 1. The van der Waals surface area contributed by atoms with Crippen LogP contribution in [0, 0.1) is 5.82 Å². The van der Waals surface area contributed by atoms with Crippen LogP contribution in [-0.2, 0) is 13.2 Å². The summed E-state index contributed by atoms with van der Waals surface area (Å²) in [4.78, 5) is 12.5. The Kier molecular flexibility index (Phi) is 6.25. The van der Waals surface area contributed by atoms with Gasteiger partial charge >= 0.3 is 0 Å². The third-order valence-electron chi connectivity index (χ3n) is 4.25. The number of carbonyl (C=O) groups is 1. The average molecular weight is 460 g/mol. The van der Waals surface area contributed by atoms with Gasteiger partial charge in [-0.05, 0) is 48.0 Å². The SMILES string of the molecule is O=C(Nc1nn(Cc2cccc(F)c2)cc1Cl)c1ccc(COc2cccc(Cl)c2)o1. The number of aromatic nitrogens is 2. The number of hydrogen-bond donors (Lipinski definition) is 1. The van der Waals surface area contributed by atoms with Crippen LogP contribution < -0.4 is 10.1 Å². The normalized spacial score (nSPS) is 10.8. The lowest BCUT2D eigenvalue weighted by atomic mass is 10.2. The molecule has 2 heterocycles. The van der Waals surface area contributed by atoms with E-state index < -0.39 is 5.91 Å². The van der Waals surface area contributed by atoms with Crippen molar-refractivity contribution in [2.24, 2.45) is 0 Å². The van der Waals surface area contributed by atoms with Crippen molar-refractivity contribution in [3.63, 3.8) is 0 Å². The number of benzene rings is 2. The van der Waals surface area contributed by atoms with Crippen molar-refractivity contribution in [2.75, 3.05) is 5.32 Å². The molecule has 0 bridgehead atoms. The van der Waals surface area contributed by atoms with Gasteiger partial charge in [-0.3, -0.25) is 9.48 Å². The molecule has 0 aliphatic rings. The highest BCUT2D eigenvalue weighted by atomic mass is 35.5. The molecule has 158 valence electrons. The molecule has 31 heavy (non-hydrogen) atoms. The molecule has 0 radical (unpaired) electrons. The summed E-state index contributed by atoms with van der Waals surface area (Å²) in [5, 5.41) is 7.66. The van der Waals surface area contributed by atoms with Crippen LogP contribution in [0.5, 0.6) is 5.75 Å². The second-order valence-corrected chi connectivity index (χ2v) is 7.46. The number of carbonyl (C=O) groups excluding carboxylic acids is 1. The number of amides is 1. The molecule has 1 amide bonds. The Labute approximate surface area is 187 Å². The molecule has 0 spiro atoms. The topological polar surface area (TPSA) is 69.3 Å². The van der Waals surface area contributed by atoms with Crippen LogP contribution in [0.3, 0.4) is 0 Å². The second-order valence-electron chi connectivity index (χ2n) is 6.62. The molecule has 4 rings (SSSR count). The Morgan fingerprint density at radius 2 is 1.97 bits per heavy atom. The lowest BCUT2D eigenvalue weighted by Crippen LogP contribution is -2.12. The molecule has 6 nitrogen and oxygen atoms in total. The number of furan rings is 1. The van der Waals surface area contributed by atoms with Crippen molar-refractivity contribution < 1.29 is 18.3 Å². The molecule has 0 saturated heterocycles. The molecule has 4 aromatic rings. The van der Waals surface area contributed by atoms with E-state index in [4.69, 9.17) is 32.4 Å². The van der Waals surface area contributed by atoms with Gasteiger partial charge in [0.05, 0.1) is 6.54 Å². The lowest BCUT2D eigenvalue weighted by Gasteiger charge is -2.04. The van der Waals surface area contributed by atoms with Crippen molar-refractivity contribution in [1.29, 1.82) is 0 Å². The Morgan fingerprint density at radius 3 is 2.77 bits per heavy atom. The van der Waals surface area contributed by atoms with Gasteiger partial charge in [-0.1, -0.05) is 41.4 Å². The van der Waals surface area contributed by atoms with Gasteiger partial charge in [-0.2, -0.15) is 5.10 Å². The standard InChI is InChI=1S/C22H16Cl2FN3O3/c23-15-4-2-6-17(10-15)30-13-18-7-8-20(31-18)22(29)26-21-19(24)12-28(27-21)11-14-3-1-5-16(25)9-14/h1-10,12H,11,13H2,(H,26,27,29). The summed E-state index contributed by atoms with van der Waals surface area (Å²) >= 11 is 12.1. The minimum Gasteiger partial charge on any atom is -0.486 e. The Hall–Kier alpha value is -3.29. The van der Waals surface area contributed by atoms with E-state index in [1.165, 1.54) is 22.9 Å². The summed E-state index contributed by atoms with van der Waals surface area (Å²) in [6, 6.07) is 16.3. The molecule has 9 heteroatoms. The van der Waals surface area contributed by atoms with Crippen LogP contribution in [0.1, 0.15) is 21.9 Å². The smallest absolute Gasteiger partial charge is 0.292 e. The van der Waals surface area contributed by atoms with Crippen molar-refractivity contribution in [1.82, 2.24) is 9.78 Å². The van der Waals surface area contributed by atoms with E-state index in [2.05, 4.69) is 10.4 Å². The third-order valence-corrected chi connectivity index (χ3v) is 4.76. The maximum Gasteiger partial charge on any atom is 0.292 e. The van der Waals surface area contributed by atoms with Crippen molar-refractivity contribution in [3.8, 4) is 5.75 Å². The highest BCUT2D eigenvalue weighted by molar-refractivity contribution is 6.33. The molecule has 0 fully saturated rings. The number of hydrogen-bond acceptors (Lipinski definition) is 4. The predicted molar refractivity (Wildman–Crippen MR) is 115 cm³/mol. The van der Waals surface area contributed by atoms with Gasteiger partial charge < -0.3 is 14.5 Å². The van der Waals surface area contributed by atoms with Gasteiger partial charge in [0.2, 0.25) is 0 Å². The minimum atomic E-state index is -0.507. The van der Waals surface area contributed by atoms with Crippen molar-refractivity contribution in [2.45, 2.75) is 13.2 Å². The van der Waals surface area contributed by atoms with E-state index >= 15 is 0 Å². The molecule has 0 aliphatic heterocycles. The Balaban J connectivity index is 1.38. The predicted octanol–water partition coefficient (Wildman–Crippen LogP) is 5.80. The maximum atomic E-state index is 13.3. The highest BCUT2D eigenvalue weighted by Crippen LogP contribution is 2.22. The van der Waals surface area contributed by atoms with Gasteiger partial charge in [0.15, 0.2) is 11.6 Å². The first-order valence-electron chi connectivity index (χ1n) is 9.22. The van der Waals surface area contributed by atoms with Gasteiger partial charge in [-0.15, -0.1) is 0 Å². The average Bonchev–Trinajstić information content (AvgIpc) is 3.33. The fourth-order valence-corrected chi connectivity index (χ4v) is 3.22. The Morgan fingerprint density at radius 1 is 1.13 bits per heavy atom. The number of halogens is 3. The molecular weight excluding hydrogens is 444 g/mol. The van der Waals surface area contributed by atoms with Crippen LogP contribution in [0.15, 0.2) is 71.3 Å². The summed E-state index contributed by atoms with van der Waals surface area (Å²) < 4.78 is 26.0. The molecule has 2 aromatic heterocycles. The zero-order chi connectivity index (χ0) is 21.8. The fraction of sp³-hybridized carbons (Fsp3) is 0.0909. The van der Waals surface area contributed by atoms with E-state index in [9.17, 15) is 9.18 Å². The molecule has 0 aliphatic carbocycles. The zero-order valence-corrected chi connectivity index (χ0v) is 17.5. The summed E-state index contributed by atoms with van der Waals surface area (Å²) in [5.74, 6) is 0.471. The quantitative estimate of drug-likeness (QED) is 0.379. The molecule has 0 saturated carbocycles. The van der Waals surface area contributed by atoms with E-state index in [-0.39, 0.29) is 29.0 Å². The number of nitrogens with zero attached hydrogens (tertiary/aromatic N) is 2. The van der Waals surface area contributed by atoms with Crippen molar-refractivity contribution >= 4 is 34.9 Å². The second kappa shape index (κ2) is 9.24. The maximum absolute atomic E-state index is 13.3. The first-order valence-corrected chi connectivity index (χ1v) is 9.98. The molecule has 0 atom stereocenters. The summed E-state index contributed by atoms with van der Waals surface area (Å²) in [5.41, 5.74) is 0.715. The van der Waals surface area contributed by atoms with Gasteiger partial charge in [0, 0.05) is 11.2 Å².